The number of allylic oxidation sites excluding steroid dienone is 2. The lowest BCUT2D eigenvalue weighted by Crippen LogP contribution is -1.97. The van der Waals surface area contributed by atoms with Crippen molar-refractivity contribution in [2.45, 2.75) is 18.2 Å². The van der Waals surface area contributed by atoms with Gasteiger partial charge in [-0.05, 0) is 30.2 Å². The molecule has 1 aromatic carbocycles. The minimum Gasteiger partial charge on any atom is -0.224 e. The van der Waals surface area contributed by atoms with E-state index in [1.807, 2.05) is 13.0 Å². The summed E-state index contributed by atoms with van der Waals surface area (Å²) in [4.78, 5) is 0.280. The van der Waals surface area contributed by atoms with Gasteiger partial charge in [-0.15, -0.1) is 0 Å². The second-order valence-electron chi connectivity index (χ2n) is 3.45. The first-order valence-electron chi connectivity index (χ1n) is 4.81. The molecule has 0 aliphatic heterocycles. The first-order chi connectivity index (χ1) is 7.49. The molecular formula is C12H13NO2S. The Hall–Kier alpha value is -1.60. The van der Waals surface area contributed by atoms with E-state index in [9.17, 15) is 8.42 Å². The Bertz CT molecular complexity index is 551. The van der Waals surface area contributed by atoms with Crippen LogP contribution in [0.4, 0.5) is 0 Å². The summed E-state index contributed by atoms with van der Waals surface area (Å²) in [5.74, 6) is 0. The molecule has 0 aliphatic rings. The van der Waals surface area contributed by atoms with Crippen LogP contribution >= 0.6 is 0 Å². The molecular weight excluding hydrogens is 222 g/mol. The summed E-state index contributed by atoms with van der Waals surface area (Å²) in [6.45, 7) is 1.83. The van der Waals surface area contributed by atoms with Gasteiger partial charge in [0.05, 0.1) is 17.4 Å². The Kier molecular flexibility index (Phi) is 3.86. The first-order valence-corrected chi connectivity index (χ1v) is 6.71. The van der Waals surface area contributed by atoms with E-state index in [0.29, 0.717) is 0 Å². The van der Waals surface area contributed by atoms with Gasteiger partial charge in [0, 0.05) is 6.26 Å². The molecule has 0 saturated carbocycles. The van der Waals surface area contributed by atoms with Crippen LogP contribution in [-0.4, -0.2) is 14.7 Å². The number of rotatable bonds is 3. The fraction of sp³-hybridized carbons (Fsp3) is 0.250. The van der Waals surface area contributed by atoms with E-state index >= 15 is 0 Å². The van der Waals surface area contributed by atoms with Crippen LogP contribution in [0, 0.1) is 11.3 Å². The molecule has 0 saturated heterocycles. The summed E-state index contributed by atoms with van der Waals surface area (Å²) >= 11 is 0. The zero-order valence-corrected chi connectivity index (χ0v) is 10.1. The van der Waals surface area contributed by atoms with Gasteiger partial charge in [-0.3, -0.25) is 0 Å². The molecule has 0 spiro atoms. The maximum Gasteiger partial charge on any atom is 0.175 e. The van der Waals surface area contributed by atoms with Gasteiger partial charge in [-0.2, -0.15) is 5.26 Å². The standard InChI is InChI=1S/C12H13NO2S/c1-3-10(7-8-13)11-5-4-6-12(9-11)16(2,14)15/h3-6,9H,7H2,1-2H3/b10-3-. The fourth-order valence-electron chi connectivity index (χ4n) is 1.38. The van der Waals surface area contributed by atoms with E-state index in [1.165, 1.54) is 6.26 Å². The SMILES string of the molecule is C/C=C(/CC#N)c1cccc(S(C)(=O)=O)c1. The van der Waals surface area contributed by atoms with Crippen molar-refractivity contribution < 1.29 is 8.42 Å². The van der Waals surface area contributed by atoms with E-state index < -0.39 is 9.84 Å². The highest BCUT2D eigenvalue weighted by molar-refractivity contribution is 7.90. The molecule has 0 amide bonds. The second-order valence-corrected chi connectivity index (χ2v) is 5.46. The minimum absolute atomic E-state index is 0.280. The highest BCUT2D eigenvalue weighted by Crippen LogP contribution is 2.20. The van der Waals surface area contributed by atoms with Crippen molar-refractivity contribution in [1.82, 2.24) is 0 Å². The van der Waals surface area contributed by atoms with Gasteiger partial charge in [-0.25, -0.2) is 8.42 Å². The molecule has 1 aromatic rings. The maximum atomic E-state index is 11.4. The molecule has 0 fully saturated rings. The molecule has 0 atom stereocenters. The third kappa shape index (κ3) is 2.94. The summed E-state index contributed by atoms with van der Waals surface area (Å²) in [6, 6.07) is 8.70. The quantitative estimate of drug-likeness (QED) is 0.808. The average Bonchev–Trinajstić information content (AvgIpc) is 2.25. The fourth-order valence-corrected chi connectivity index (χ4v) is 2.05. The predicted octanol–water partition coefficient (Wildman–Crippen LogP) is 2.41. The summed E-state index contributed by atoms with van der Waals surface area (Å²) in [5, 5.41) is 8.65. The van der Waals surface area contributed by atoms with Crippen LogP contribution in [-0.2, 0) is 9.84 Å². The highest BCUT2D eigenvalue weighted by atomic mass is 32.2. The van der Waals surface area contributed by atoms with Crippen molar-refractivity contribution in [2.75, 3.05) is 6.26 Å². The lowest BCUT2D eigenvalue weighted by atomic mass is 10.0. The molecule has 0 unspecified atom stereocenters. The Morgan fingerprint density at radius 3 is 2.69 bits per heavy atom. The van der Waals surface area contributed by atoms with E-state index in [-0.39, 0.29) is 11.3 Å². The molecule has 0 aromatic heterocycles. The topological polar surface area (TPSA) is 57.9 Å². The van der Waals surface area contributed by atoms with Crippen LogP contribution in [0.1, 0.15) is 18.9 Å². The highest BCUT2D eigenvalue weighted by Gasteiger charge is 2.08. The van der Waals surface area contributed by atoms with Gasteiger partial charge >= 0.3 is 0 Å². The van der Waals surface area contributed by atoms with Crippen molar-refractivity contribution >= 4 is 15.4 Å². The predicted molar refractivity (Wildman–Crippen MR) is 63.4 cm³/mol. The molecule has 3 nitrogen and oxygen atoms in total. The summed E-state index contributed by atoms with van der Waals surface area (Å²) in [5.41, 5.74) is 1.62. The van der Waals surface area contributed by atoms with E-state index in [2.05, 4.69) is 6.07 Å². The molecule has 1 rings (SSSR count). The van der Waals surface area contributed by atoms with Gasteiger partial charge in [0.15, 0.2) is 9.84 Å². The first kappa shape index (κ1) is 12.5. The molecule has 0 N–H and O–H groups in total. The van der Waals surface area contributed by atoms with Crippen LogP contribution in [0.3, 0.4) is 0 Å². The number of hydrogen-bond acceptors (Lipinski definition) is 3. The summed E-state index contributed by atoms with van der Waals surface area (Å²) < 4.78 is 22.7. The Balaban J connectivity index is 3.24. The van der Waals surface area contributed by atoms with Crippen molar-refractivity contribution in [1.29, 1.82) is 5.26 Å². The molecule has 0 aliphatic carbocycles. The van der Waals surface area contributed by atoms with Crippen LogP contribution in [0.15, 0.2) is 35.2 Å². The van der Waals surface area contributed by atoms with Gasteiger partial charge in [0.2, 0.25) is 0 Å². The van der Waals surface area contributed by atoms with Gasteiger partial charge < -0.3 is 0 Å². The summed E-state index contributed by atoms with van der Waals surface area (Å²) in [7, 11) is -3.19. The van der Waals surface area contributed by atoms with E-state index in [4.69, 9.17) is 5.26 Å². The number of benzene rings is 1. The monoisotopic (exact) mass is 235 g/mol. The third-order valence-electron chi connectivity index (χ3n) is 2.25. The molecule has 0 radical (unpaired) electrons. The van der Waals surface area contributed by atoms with Crippen molar-refractivity contribution in [3.8, 4) is 6.07 Å². The van der Waals surface area contributed by atoms with E-state index in [1.54, 1.807) is 24.3 Å². The maximum absolute atomic E-state index is 11.4. The average molecular weight is 235 g/mol. The van der Waals surface area contributed by atoms with Crippen LogP contribution < -0.4 is 0 Å². The second kappa shape index (κ2) is 4.95. The van der Waals surface area contributed by atoms with Crippen LogP contribution in [0.2, 0.25) is 0 Å². The third-order valence-corrected chi connectivity index (χ3v) is 3.36. The van der Waals surface area contributed by atoms with E-state index in [0.717, 1.165) is 11.1 Å². The summed E-state index contributed by atoms with van der Waals surface area (Å²) in [6.07, 6.45) is 3.28. The number of hydrogen-bond donors (Lipinski definition) is 0. The molecule has 84 valence electrons. The lowest BCUT2D eigenvalue weighted by molar-refractivity contribution is 0.602. The number of nitriles is 1. The minimum atomic E-state index is -3.19. The largest absolute Gasteiger partial charge is 0.224 e. The zero-order valence-electron chi connectivity index (χ0n) is 9.27. The smallest absolute Gasteiger partial charge is 0.175 e. The van der Waals surface area contributed by atoms with Crippen LogP contribution in [0.5, 0.6) is 0 Å². The normalized spacial score (nSPS) is 12.2. The van der Waals surface area contributed by atoms with Gasteiger partial charge in [-0.1, -0.05) is 18.2 Å². The molecule has 0 bridgehead atoms. The van der Waals surface area contributed by atoms with Gasteiger partial charge in [0.25, 0.3) is 0 Å². The Morgan fingerprint density at radius 2 is 2.19 bits per heavy atom. The molecule has 16 heavy (non-hydrogen) atoms. The Morgan fingerprint density at radius 1 is 1.50 bits per heavy atom. The van der Waals surface area contributed by atoms with Crippen molar-refractivity contribution in [3.05, 3.63) is 35.9 Å². The molecule has 4 heteroatoms. The number of sulfone groups is 1. The van der Waals surface area contributed by atoms with Crippen molar-refractivity contribution in [2.24, 2.45) is 0 Å². The Labute approximate surface area is 95.9 Å². The lowest BCUT2D eigenvalue weighted by Gasteiger charge is -2.05. The zero-order chi connectivity index (χ0) is 12.2. The van der Waals surface area contributed by atoms with Gasteiger partial charge in [0.1, 0.15) is 0 Å². The number of nitrogens with zero attached hydrogens (tertiary/aromatic N) is 1. The molecule has 0 heterocycles. The van der Waals surface area contributed by atoms with Crippen LogP contribution in [0.25, 0.3) is 5.57 Å². The van der Waals surface area contributed by atoms with Crippen molar-refractivity contribution in [3.63, 3.8) is 0 Å².